The molecule has 0 aromatic carbocycles. The normalized spacial score (nSPS) is 25.3. The number of hydrogen-bond donors (Lipinski definition) is 1. The van der Waals surface area contributed by atoms with E-state index >= 15 is 0 Å². The van der Waals surface area contributed by atoms with Gasteiger partial charge in [0, 0.05) is 57.8 Å². The molecule has 1 aromatic rings. The summed E-state index contributed by atoms with van der Waals surface area (Å²) in [4.78, 5) is 26.2. The molecule has 3 aliphatic heterocycles. The van der Waals surface area contributed by atoms with Crippen molar-refractivity contribution >= 4 is 23.2 Å². The average Bonchev–Trinajstić information content (AvgIpc) is 3.34. The number of likely N-dealkylation sites (tertiary alicyclic amines) is 1. The maximum Gasteiger partial charge on any atom is 0.490 e. The Morgan fingerprint density at radius 2 is 1.87 bits per heavy atom. The smallest absolute Gasteiger partial charge is 0.475 e. The first-order valence-corrected chi connectivity index (χ1v) is 11.2. The topological polar surface area (TPSA) is 79.3 Å². The van der Waals surface area contributed by atoms with Gasteiger partial charge in [0.2, 0.25) is 5.91 Å². The molecule has 4 rings (SSSR count). The maximum absolute atomic E-state index is 12.8. The molecule has 0 unspecified atom stereocenters. The minimum Gasteiger partial charge on any atom is -0.475 e. The monoisotopic (exact) mass is 464 g/mol. The molecule has 1 amide bonds. The molecule has 0 saturated carbocycles. The third-order valence-electron chi connectivity index (χ3n) is 5.72. The Kier molecular flexibility index (Phi) is 8.31. The number of aliphatic carboxylic acids is 1. The molecule has 174 valence electrons. The molecule has 11 heteroatoms. The van der Waals surface area contributed by atoms with Crippen molar-refractivity contribution in [1.29, 1.82) is 0 Å². The zero-order valence-corrected chi connectivity index (χ0v) is 17.9. The van der Waals surface area contributed by atoms with Crippen LogP contribution in [0.3, 0.4) is 0 Å². The summed E-state index contributed by atoms with van der Waals surface area (Å²) in [6, 6.07) is 2.20. The highest BCUT2D eigenvalue weighted by Crippen LogP contribution is 2.28. The lowest BCUT2D eigenvalue weighted by Crippen LogP contribution is -2.38. The highest BCUT2D eigenvalue weighted by atomic mass is 32.1. The van der Waals surface area contributed by atoms with Gasteiger partial charge < -0.3 is 19.5 Å². The van der Waals surface area contributed by atoms with Crippen LogP contribution in [-0.2, 0) is 25.6 Å². The Morgan fingerprint density at radius 3 is 2.48 bits per heavy atom. The number of hydrogen-bond acceptors (Lipinski definition) is 6. The van der Waals surface area contributed by atoms with Gasteiger partial charge in [0.05, 0.1) is 12.7 Å². The van der Waals surface area contributed by atoms with Crippen LogP contribution in [0.25, 0.3) is 0 Å². The molecule has 1 aromatic heterocycles. The van der Waals surface area contributed by atoms with Crippen molar-refractivity contribution in [3.05, 3.63) is 22.4 Å². The second-order valence-electron chi connectivity index (χ2n) is 7.97. The van der Waals surface area contributed by atoms with Gasteiger partial charge in [0.15, 0.2) is 0 Å². The second kappa shape index (κ2) is 10.8. The molecular weight excluding hydrogens is 437 g/mol. The Hall–Kier alpha value is -1.69. The number of carboxylic acids is 1. The van der Waals surface area contributed by atoms with Crippen LogP contribution in [0.15, 0.2) is 16.8 Å². The van der Waals surface area contributed by atoms with Gasteiger partial charge in [-0.25, -0.2) is 4.79 Å². The van der Waals surface area contributed by atoms with Gasteiger partial charge in [-0.05, 0) is 35.2 Å². The van der Waals surface area contributed by atoms with E-state index in [2.05, 4.69) is 26.6 Å². The summed E-state index contributed by atoms with van der Waals surface area (Å²) in [5.41, 5.74) is 1.38. The number of carbonyl (C=O) groups is 2. The lowest BCUT2D eigenvalue weighted by Gasteiger charge is -2.27. The van der Waals surface area contributed by atoms with Gasteiger partial charge in [0.1, 0.15) is 0 Å². The number of ether oxygens (including phenoxy) is 2. The van der Waals surface area contributed by atoms with Crippen LogP contribution >= 0.6 is 11.3 Å². The van der Waals surface area contributed by atoms with E-state index in [0.29, 0.717) is 11.8 Å². The first kappa shape index (κ1) is 24.0. The van der Waals surface area contributed by atoms with Crippen LogP contribution in [0.4, 0.5) is 13.2 Å². The van der Waals surface area contributed by atoms with E-state index in [1.807, 2.05) is 0 Å². The molecule has 2 atom stereocenters. The number of nitrogens with zero attached hydrogens (tertiary/aromatic N) is 2. The third-order valence-corrected chi connectivity index (χ3v) is 6.46. The summed E-state index contributed by atoms with van der Waals surface area (Å²) in [6.07, 6.45) is -3.13. The fourth-order valence-corrected chi connectivity index (χ4v) is 4.79. The molecule has 4 heterocycles. The summed E-state index contributed by atoms with van der Waals surface area (Å²) in [7, 11) is 0. The van der Waals surface area contributed by atoms with E-state index in [4.69, 9.17) is 19.4 Å². The van der Waals surface area contributed by atoms with Gasteiger partial charge >= 0.3 is 12.1 Å². The van der Waals surface area contributed by atoms with Gasteiger partial charge in [-0.3, -0.25) is 9.69 Å². The van der Waals surface area contributed by atoms with E-state index in [-0.39, 0.29) is 12.0 Å². The quantitative estimate of drug-likeness (QED) is 0.741. The van der Waals surface area contributed by atoms with E-state index in [9.17, 15) is 18.0 Å². The van der Waals surface area contributed by atoms with E-state index in [1.54, 1.807) is 11.3 Å². The SMILES string of the molecule is O=C(C1CCOCC1)N1C[C@@H]2CN(Cc3ccsc3)CCO[C@@H]2C1.O=C(O)C(F)(F)F. The zero-order chi connectivity index (χ0) is 22.4. The fraction of sp³-hybridized carbons (Fsp3) is 0.700. The average molecular weight is 465 g/mol. The summed E-state index contributed by atoms with van der Waals surface area (Å²) in [5, 5.41) is 11.5. The molecule has 0 aliphatic carbocycles. The number of thiophene rings is 1. The lowest BCUT2D eigenvalue weighted by molar-refractivity contribution is -0.192. The van der Waals surface area contributed by atoms with Crippen LogP contribution in [0.2, 0.25) is 0 Å². The van der Waals surface area contributed by atoms with Gasteiger partial charge in [-0.2, -0.15) is 24.5 Å². The zero-order valence-electron chi connectivity index (χ0n) is 17.1. The lowest BCUT2D eigenvalue weighted by atomic mass is 9.99. The maximum atomic E-state index is 12.8. The molecule has 1 N–H and O–H groups in total. The van der Waals surface area contributed by atoms with Gasteiger partial charge in [0.25, 0.3) is 0 Å². The molecular formula is C20H27F3N2O5S. The number of carbonyl (C=O) groups excluding carboxylic acids is 1. The Morgan fingerprint density at radius 1 is 1.16 bits per heavy atom. The predicted octanol–water partition coefficient (Wildman–Crippen LogP) is 2.47. The highest BCUT2D eigenvalue weighted by Gasteiger charge is 2.40. The Bertz CT molecular complexity index is 725. The number of carboxylic acid groups (broad SMARTS) is 1. The van der Waals surface area contributed by atoms with Crippen LogP contribution in [0.1, 0.15) is 18.4 Å². The molecule has 0 bridgehead atoms. The Labute approximate surface area is 182 Å². The van der Waals surface area contributed by atoms with E-state index < -0.39 is 12.1 Å². The minimum absolute atomic E-state index is 0.156. The second-order valence-corrected chi connectivity index (χ2v) is 8.75. The van der Waals surface area contributed by atoms with Crippen LogP contribution in [0.5, 0.6) is 0 Å². The fourth-order valence-electron chi connectivity index (χ4n) is 4.13. The summed E-state index contributed by atoms with van der Waals surface area (Å²) >= 11 is 1.75. The molecule has 3 aliphatic rings. The van der Waals surface area contributed by atoms with E-state index in [1.165, 1.54) is 5.56 Å². The predicted molar refractivity (Wildman–Crippen MR) is 107 cm³/mol. The summed E-state index contributed by atoms with van der Waals surface area (Å²) < 4.78 is 43.2. The molecule has 7 nitrogen and oxygen atoms in total. The number of fused-ring (bicyclic) bond motifs is 1. The molecule has 0 radical (unpaired) electrons. The summed E-state index contributed by atoms with van der Waals surface area (Å²) in [5.74, 6) is -1.84. The van der Waals surface area contributed by atoms with Gasteiger partial charge in [-0.15, -0.1) is 0 Å². The van der Waals surface area contributed by atoms with E-state index in [0.717, 1.165) is 65.4 Å². The largest absolute Gasteiger partial charge is 0.490 e. The van der Waals surface area contributed by atoms with Crippen molar-refractivity contribution in [2.75, 3.05) is 46.0 Å². The molecule has 0 spiro atoms. The van der Waals surface area contributed by atoms with Crippen molar-refractivity contribution in [3.63, 3.8) is 0 Å². The highest BCUT2D eigenvalue weighted by molar-refractivity contribution is 7.07. The first-order chi connectivity index (χ1) is 14.7. The number of rotatable bonds is 3. The van der Waals surface area contributed by atoms with Gasteiger partial charge in [-0.1, -0.05) is 0 Å². The number of halogens is 3. The summed E-state index contributed by atoms with van der Waals surface area (Å²) in [6.45, 7) is 6.83. The number of alkyl halides is 3. The van der Waals surface area contributed by atoms with Crippen molar-refractivity contribution in [2.24, 2.45) is 11.8 Å². The molecule has 31 heavy (non-hydrogen) atoms. The van der Waals surface area contributed by atoms with Crippen LogP contribution in [0, 0.1) is 11.8 Å². The van der Waals surface area contributed by atoms with Crippen molar-refractivity contribution in [3.8, 4) is 0 Å². The first-order valence-electron chi connectivity index (χ1n) is 10.3. The van der Waals surface area contributed by atoms with Crippen LogP contribution in [-0.4, -0.2) is 85.1 Å². The minimum atomic E-state index is -5.08. The Balaban J connectivity index is 0.000000339. The van der Waals surface area contributed by atoms with Crippen LogP contribution < -0.4 is 0 Å². The van der Waals surface area contributed by atoms with Crippen molar-refractivity contribution in [1.82, 2.24) is 9.80 Å². The number of amides is 1. The van der Waals surface area contributed by atoms with Crippen molar-refractivity contribution < 1.29 is 37.3 Å². The third kappa shape index (κ3) is 6.90. The molecule has 3 saturated heterocycles. The standard InChI is InChI=1S/C18H26N2O3S.C2HF3O2/c21-18(15-1-5-22-6-2-15)20-11-16-10-19(4-7-23-17(16)12-20)9-14-3-8-24-13-14;3-2(4,5)1(6)7/h3,8,13,15-17H,1-2,4-7,9-12H2;(H,6,7)/t16-,17+;/m0./s1. The molecule has 3 fully saturated rings. The van der Waals surface area contributed by atoms with Crippen molar-refractivity contribution in [2.45, 2.75) is 31.7 Å².